The second-order valence-electron chi connectivity index (χ2n) is 10.2. The lowest BCUT2D eigenvalue weighted by molar-refractivity contribution is -0.140. The number of rotatable bonds is 11. The van der Waals surface area contributed by atoms with Crippen LogP contribution in [0.1, 0.15) is 18.5 Å². The van der Waals surface area contributed by atoms with E-state index in [-0.39, 0.29) is 29.4 Å². The van der Waals surface area contributed by atoms with E-state index >= 15 is 4.39 Å². The number of nitrogens with one attached hydrogen (secondary N) is 2. The van der Waals surface area contributed by atoms with Crippen LogP contribution in [0, 0.1) is 11.8 Å². The Labute approximate surface area is 248 Å². The van der Waals surface area contributed by atoms with E-state index in [9.17, 15) is 21.6 Å². The molecular formula is C29H35F4N5O4S. The van der Waals surface area contributed by atoms with E-state index in [0.29, 0.717) is 41.9 Å². The molecule has 1 fully saturated rings. The van der Waals surface area contributed by atoms with Crippen LogP contribution in [-0.4, -0.2) is 83.3 Å². The van der Waals surface area contributed by atoms with E-state index < -0.39 is 35.0 Å². The number of nitrogens with zero attached hydrogens (tertiary/aromatic N) is 2. The van der Waals surface area contributed by atoms with Gasteiger partial charge < -0.3 is 29.6 Å². The van der Waals surface area contributed by atoms with Gasteiger partial charge >= 0.3 is 6.18 Å². The third kappa shape index (κ3) is 8.54. The van der Waals surface area contributed by atoms with Crippen molar-refractivity contribution in [2.24, 2.45) is 5.14 Å². The lowest BCUT2D eigenvalue weighted by Crippen LogP contribution is -2.48. The minimum Gasteiger partial charge on any atom is -0.495 e. The highest BCUT2D eigenvalue weighted by atomic mass is 32.2. The molecule has 14 heteroatoms. The lowest BCUT2D eigenvalue weighted by atomic mass is 10.0. The standard InChI is InChI=1S/C29H35F4N5O4S/c1-41-15-5-13-37-14-11-25(23(30)18-37)36-24-7-3-8-27-22(24)16-20(38(27)19-29(31,32)33)6-4-12-35-26-10-9-21(43(34,39)40)17-28(26)42-2/h3,7-10,16-17,23,25,35-36H,5,11-15,18-19H2,1-2H3,(H2,34,39,40)/t23-,25+/m0/s1. The molecule has 2 atom stereocenters. The predicted molar refractivity (Wildman–Crippen MR) is 158 cm³/mol. The molecule has 2 heterocycles. The number of benzene rings is 2. The quantitative estimate of drug-likeness (QED) is 0.167. The molecule has 1 aliphatic heterocycles. The number of hydrogen-bond donors (Lipinski definition) is 3. The van der Waals surface area contributed by atoms with Crippen LogP contribution in [0.2, 0.25) is 0 Å². The van der Waals surface area contributed by atoms with Gasteiger partial charge in [0.1, 0.15) is 18.5 Å². The molecule has 4 rings (SSSR count). The van der Waals surface area contributed by atoms with E-state index in [2.05, 4.69) is 22.5 Å². The summed E-state index contributed by atoms with van der Waals surface area (Å²) in [6, 6.07) is 10.1. The van der Waals surface area contributed by atoms with Crippen molar-refractivity contribution in [2.75, 3.05) is 57.6 Å². The van der Waals surface area contributed by atoms with Gasteiger partial charge in [0.05, 0.1) is 41.5 Å². The first-order valence-electron chi connectivity index (χ1n) is 13.6. The fourth-order valence-electron chi connectivity index (χ4n) is 5.10. The highest BCUT2D eigenvalue weighted by molar-refractivity contribution is 7.89. The van der Waals surface area contributed by atoms with Gasteiger partial charge in [-0.05, 0) is 49.1 Å². The number of fused-ring (bicyclic) bond motifs is 1. The zero-order valence-corrected chi connectivity index (χ0v) is 24.7. The van der Waals surface area contributed by atoms with Crippen molar-refractivity contribution in [1.29, 1.82) is 0 Å². The molecule has 0 bridgehead atoms. The maximum atomic E-state index is 15.1. The number of halogens is 4. The molecule has 43 heavy (non-hydrogen) atoms. The molecule has 1 aromatic heterocycles. The fourth-order valence-corrected chi connectivity index (χ4v) is 5.63. The van der Waals surface area contributed by atoms with Crippen LogP contribution in [-0.2, 0) is 21.3 Å². The number of nitrogens with two attached hydrogens (primary N) is 1. The van der Waals surface area contributed by atoms with Gasteiger partial charge in [0.2, 0.25) is 10.0 Å². The summed E-state index contributed by atoms with van der Waals surface area (Å²) in [5.41, 5.74) is 1.44. The number of primary sulfonamides is 1. The maximum absolute atomic E-state index is 15.1. The molecule has 0 spiro atoms. The highest BCUT2D eigenvalue weighted by Gasteiger charge is 2.31. The Bertz CT molecular complexity index is 1580. The first-order valence-corrected chi connectivity index (χ1v) is 15.2. The molecule has 0 amide bonds. The summed E-state index contributed by atoms with van der Waals surface area (Å²) >= 11 is 0. The Balaban J connectivity index is 1.54. The molecular weight excluding hydrogens is 590 g/mol. The molecule has 234 valence electrons. The Kier molecular flexibility index (Phi) is 10.4. The van der Waals surface area contributed by atoms with Crippen molar-refractivity contribution in [3.05, 3.63) is 48.2 Å². The Morgan fingerprint density at radius 3 is 2.60 bits per heavy atom. The van der Waals surface area contributed by atoms with E-state index in [0.717, 1.165) is 17.5 Å². The number of hydrogen-bond acceptors (Lipinski definition) is 7. The molecule has 2 aromatic carbocycles. The molecule has 1 saturated heterocycles. The van der Waals surface area contributed by atoms with Crippen molar-refractivity contribution < 1.29 is 35.5 Å². The highest BCUT2D eigenvalue weighted by Crippen LogP contribution is 2.32. The number of likely N-dealkylation sites (tertiary alicyclic amines) is 1. The summed E-state index contributed by atoms with van der Waals surface area (Å²) < 4.78 is 90.5. The van der Waals surface area contributed by atoms with Crippen LogP contribution in [0.15, 0.2) is 47.4 Å². The van der Waals surface area contributed by atoms with Crippen LogP contribution >= 0.6 is 0 Å². The van der Waals surface area contributed by atoms with Gasteiger partial charge in [0.25, 0.3) is 0 Å². The van der Waals surface area contributed by atoms with Crippen LogP contribution in [0.4, 0.5) is 28.9 Å². The fraction of sp³-hybridized carbons (Fsp3) is 0.448. The zero-order chi connectivity index (χ0) is 31.2. The monoisotopic (exact) mass is 625 g/mol. The van der Waals surface area contributed by atoms with E-state index in [4.69, 9.17) is 14.6 Å². The number of sulfonamides is 1. The van der Waals surface area contributed by atoms with Crippen molar-refractivity contribution in [2.45, 2.75) is 42.7 Å². The predicted octanol–water partition coefficient (Wildman–Crippen LogP) is 4.18. The topological polar surface area (TPSA) is 111 Å². The second-order valence-corrected chi connectivity index (χ2v) is 11.8. The van der Waals surface area contributed by atoms with E-state index in [1.165, 1.54) is 25.3 Å². The third-order valence-electron chi connectivity index (χ3n) is 7.16. The van der Waals surface area contributed by atoms with Gasteiger partial charge in [-0.3, -0.25) is 0 Å². The molecule has 1 aliphatic rings. The summed E-state index contributed by atoms with van der Waals surface area (Å²) in [5, 5.41) is 11.9. The maximum Gasteiger partial charge on any atom is 0.406 e. The summed E-state index contributed by atoms with van der Waals surface area (Å²) in [5.74, 6) is 5.85. The Hall–Kier alpha value is -3.51. The van der Waals surface area contributed by atoms with Gasteiger partial charge in [0.15, 0.2) is 0 Å². The Morgan fingerprint density at radius 1 is 1.14 bits per heavy atom. The van der Waals surface area contributed by atoms with Crippen molar-refractivity contribution in [1.82, 2.24) is 9.47 Å². The normalized spacial score (nSPS) is 17.8. The van der Waals surface area contributed by atoms with Gasteiger partial charge in [0, 0.05) is 50.5 Å². The molecule has 0 saturated carbocycles. The number of aromatic nitrogens is 1. The largest absolute Gasteiger partial charge is 0.495 e. The van der Waals surface area contributed by atoms with Crippen LogP contribution in [0.25, 0.3) is 10.9 Å². The second kappa shape index (κ2) is 13.9. The molecule has 4 N–H and O–H groups in total. The van der Waals surface area contributed by atoms with Gasteiger partial charge in [-0.2, -0.15) is 13.2 Å². The lowest BCUT2D eigenvalue weighted by Gasteiger charge is -2.35. The average Bonchev–Trinajstić information content (AvgIpc) is 3.28. The summed E-state index contributed by atoms with van der Waals surface area (Å²) in [6.07, 6.45) is -4.29. The summed E-state index contributed by atoms with van der Waals surface area (Å²) in [4.78, 5) is 1.92. The minimum absolute atomic E-state index is 0.0240. The number of methoxy groups -OCH3 is 2. The minimum atomic E-state index is -4.50. The van der Waals surface area contributed by atoms with Gasteiger partial charge in [-0.25, -0.2) is 17.9 Å². The van der Waals surface area contributed by atoms with Gasteiger partial charge in [-0.1, -0.05) is 12.0 Å². The number of piperidine rings is 1. The summed E-state index contributed by atoms with van der Waals surface area (Å²) in [6.45, 7) is 1.09. The van der Waals surface area contributed by atoms with Crippen LogP contribution < -0.4 is 20.5 Å². The van der Waals surface area contributed by atoms with E-state index in [1.54, 1.807) is 31.4 Å². The smallest absolute Gasteiger partial charge is 0.406 e. The van der Waals surface area contributed by atoms with Crippen molar-refractivity contribution in [3.8, 4) is 17.6 Å². The molecule has 3 aromatic rings. The van der Waals surface area contributed by atoms with Crippen LogP contribution in [0.3, 0.4) is 0 Å². The first-order chi connectivity index (χ1) is 20.4. The van der Waals surface area contributed by atoms with Crippen molar-refractivity contribution in [3.63, 3.8) is 0 Å². The van der Waals surface area contributed by atoms with Crippen LogP contribution in [0.5, 0.6) is 5.75 Å². The van der Waals surface area contributed by atoms with Gasteiger partial charge in [-0.15, -0.1) is 0 Å². The zero-order valence-electron chi connectivity index (χ0n) is 23.9. The average molecular weight is 626 g/mol. The number of anilines is 2. The third-order valence-corrected chi connectivity index (χ3v) is 8.07. The Morgan fingerprint density at radius 2 is 1.93 bits per heavy atom. The molecule has 0 unspecified atom stereocenters. The number of ether oxygens (including phenoxy) is 2. The first kappa shape index (κ1) is 32.4. The molecule has 9 nitrogen and oxygen atoms in total. The molecule has 0 aliphatic carbocycles. The molecule has 0 radical (unpaired) electrons. The van der Waals surface area contributed by atoms with E-state index in [1.807, 2.05) is 4.90 Å². The SMILES string of the molecule is COCCCN1CC[C@@H](Nc2cccc3c2cc(C#CCNc2ccc(S(N)(=O)=O)cc2OC)n3CC(F)(F)F)[C@@H](F)C1. The number of alkyl halides is 4. The van der Waals surface area contributed by atoms with Crippen molar-refractivity contribution >= 4 is 32.3 Å². The summed E-state index contributed by atoms with van der Waals surface area (Å²) in [7, 11) is -0.946.